The van der Waals surface area contributed by atoms with E-state index in [4.69, 9.17) is 9.47 Å². The number of ether oxygens (including phenoxy) is 2. The molecule has 0 aliphatic heterocycles. The summed E-state index contributed by atoms with van der Waals surface area (Å²) >= 11 is 0. The fraction of sp³-hybridized carbons (Fsp3) is 0.452. The molecule has 186 valence electrons. The molecule has 2 aliphatic rings. The first-order chi connectivity index (χ1) is 17.1. The molecule has 0 aromatic heterocycles. The highest BCUT2D eigenvalue weighted by Crippen LogP contribution is 2.48. The first-order valence-corrected chi connectivity index (χ1v) is 13.0. The molecule has 0 bridgehead atoms. The van der Waals surface area contributed by atoms with Crippen molar-refractivity contribution >= 4 is 5.97 Å². The second kappa shape index (κ2) is 12.2. The van der Waals surface area contributed by atoms with Gasteiger partial charge >= 0.3 is 5.97 Å². The van der Waals surface area contributed by atoms with Gasteiger partial charge in [0.2, 0.25) is 0 Å². The minimum atomic E-state index is -0.621. The van der Waals surface area contributed by atoms with Crippen molar-refractivity contribution in [1.29, 1.82) is 0 Å². The lowest BCUT2D eigenvalue weighted by atomic mass is 9.63. The van der Waals surface area contributed by atoms with Gasteiger partial charge in [0, 0.05) is 6.07 Å². The Bertz CT molecular complexity index is 1030. The summed E-state index contributed by atoms with van der Waals surface area (Å²) in [5.74, 6) is 2.25. The zero-order chi connectivity index (χ0) is 24.6. The predicted molar refractivity (Wildman–Crippen MR) is 138 cm³/mol. The van der Waals surface area contributed by atoms with E-state index in [9.17, 15) is 9.18 Å². The van der Waals surface area contributed by atoms with Crippen LogP contribution in [0.25, 0.3) is 0 Å². The van der Waals surface area contributed by atoms with E-state index in [1.165, 1.54) is 62.6 Å². The zero-order valence-corrected chi connectivity index (χ0v) is 20.8. The largest absolute Gasteiger partial charge is 0.489 e. The minimum Gasteiger partial charge on any atom is -0.489 e. The summed E-state index contributed by atoms with van der Waals surface area (Å²) in [6.07, 6.45) is 16.0. The smallest absolute Gasteiger partial charge is 0.343 e. The summed E-state index contributed by atoms with van der Waals surface area (Å²) in [4.78, 5) is 12.6. The lowest BCUT2D eigenvalue weighted by molar-refractivity contribution is 0.0727. The molecule has 2 saturated carbocycles. The highest BCUT2D eigenvalue weighted by Gasteiger charge is 2.35. The summed E-state index contributed by atoms with van der Waals surface area (Å²) in [7, 11) is 0. The van der Waals surface area contributed by atoms with Crippen molar-refractivity contribution in [1.82, 2.24) is 0 Å². The zero-order valence-electron chi connectivity index (χ0n) is 20.8. The number of allylic oxidation sites excluding steroid dienone is 2. The van der Waals surface area contributed by atoms with Gasteiger partial charge in [-0.1, -0.05) is 36.8 Å². The van der Waals surface area contributed by atoms with E-state index in [-0.39, 0.29) is 5.75 Å². The molecule has 0 amide bonds. The molecule has 0 heterocycles. The van der Waals surface area contributed by atoms with Crippen LogP contribution < -0.4 is 9.47 Å². The van der Waals surface area contributed by atoms with E-state index in [1.54, 1.807) is 6.07 Å². The molecule has 0 saturated heterocycles. The highest BCUT2D eigenvalue weighted by atomic mass is 19.1. The molecule has 4 rings (SSSR count). The number of fused-ring (bicyclic) bond motifs is 1. The molecular formula is C31H37FO3. The van der Waals surface area contributed by atoms with Crippen molar-refractivity contribution in [2.24, 2.45) is 17.8 Å². The molecular weight excluding hydrogens is 439 g/mol. The van der Waals surface area contributed by atoms with Crippen molar-refractivity contribution in [2.45, 2.75) is 64.2 Å². The van der Waals surface area contributed by atoms with Crippen LogP contribution in [0.1, 0.15) is 80.1 Å². The Morgan fingerprint density at radius 1 is 1.06 bits per heavy atom. The van der Waals surface area contributed by atoms with Gasteiger partial charge in [-0.15, -0.1) is 6.58 Å². The fourth-order valence-electron chi connectivity index (χ4n) is 5.85. The minimum absolute atomic E-state index is 0.0977. The number of hydrogen-bond donors (Lipinski definition) is 0. The van der Waals surface area contributed by atoms with Crippen molar-refractivity contribution in [2.75, 3.05) is 6.61 Å². The van der Waals surface area contributed by atoms with Crippen LogP contribution in [0.2, 0.25) is 0 Å². The fourth-order valence-corrected chi connectivity index (χ4v) is 5.85. The third-order valence-electron chi connectivity index (χ3n) is 7.81. The van der Waals surface area contributed by atoms with Crippen molar-refractivity contribution in [3.63, 3.8) is 0 Å². The van der Waals surface area contributed by atoms with Crippen LogP contribution in [0.3, 0.4) is 0 Å². The summed E-state index contributed by atoms with van der Waals surface area (Å²) in [5, 5.41) is 0. The predicted octanol–water partition coefficient (Wildman–Crippen LogP) is 8.27. The van der Waals surface area contributed by atoms with Crippen LogP contribution in [-0.4, -0.2) is 12.6 Å². The molecule has 35 heavy (non-hydrogen) atoms. The Balaban J connectivity index is 1.31. The van der Waals surface area contributed by atoms with Crippen LogP contribution >= 0.6 is 0 Å². The number of esters is 1. The first kappa shape index (κ1) is 25.2. The lowest BCUT2D eigenvalue weighted by Crippen LogP contribution is -2.30. The molecule has 4 heteroatoms. The molecule has 0 spiro atoms. The lowest BCUT2D eigenvalue weighted by Gasteiger charge is -2.42. The van der Waals surface area contributed by atoms with E-state index in [1.807, 2.05) is 43.3 Å². The number of carbonyl (C=O) groups excluding carboxylic acids is 1. The van der Waals surface area contributed by atoms with Gasteiger partial charge in [0.1, 0.15) is 12.4 Å². The highest BCUT2D eigenvalue weighted by molar-refractivity contribution is 5.91. The maximum Gasteiger partial charge on any atom is 0.343 e. The summed E-state index contributed by atoms with van der Waals surface area (Å²) < 4.78 is 25.1. The Morgan fingerprint density at radius 3 is 2.57 bits per heavy atom. The molecule has 2 aromatic carbocycles. The summed E-state index contributed by atoms with van der Waals surface area (Å²) in [6, 6.07) is 12.0. The molecule has 0 radical (unpaired) electrons. The standard InChI is InChI=1S/C31H37FO3/c1-3-5-7-22-8-9-27-20-26(15-14-25(27)19-22)23-10-12-24(13-11-23)31(33)35-30-17-16-28(21-29(30)32)34-18-6-4-2/h3-4,6,10-13,16-17,21-22,25-27H,1,5,7-9,14-15,18-20H2,2H3/b6-4+. The Labute approximate surface area is 209 Å². The normalized spacial score (nSPS) is 24.1. The quantitative estimate of drug-likeness (QED) is 0.208. The van der Waals surface area contributed by atoms with E-state index < -0.39 is 11.8 Å². The van der Waals surface area contributed by atoms with Crippen molar-refractivity contribution in [3.8, 4) is 11.5 Å². The maximum atomic E-state index is 14.4. The van der Waals surface area contributed by atoms with Crippen molar-refractivity contribution < 1.29 is 18.7 Å². The average molecular weight is 477 g/mol. The third-order valence-corrected chi connectivity index (χ3v) is 7.81. The Kier molecular flexibility index (Phi) is 8.79. The molecule has 2 aromatic rings. The number of benzene rings is 2. The molecule has 2 aliphatic carbocycles. The molecule has 2 fully saturated rings. The monoisotopic (exact) mass is 476 g/mol. The van der Waals surface area contributed by atoms with Crippen LogP contribution in [0, 0.1) is 23.6 Å². The van der Waals surface area contributed by atoms with Crippen LogP contribution in [0.4, 0.5) is 4.39 Å². The molecule has 4 atom stereocenters. The van der Waals surface area contributed by atoms with Crippen LogP contribution in [0.15, 0.2) is 67.3 Å². The third kappa shape index (κ3) is 6.62. The topological polar surface area (TPSA) is 35.5 Å². The van der Waals surface area contributed by atoms with E-state index >= 15 is 0 Å². The number of carbonyl (C=O) groups is 1. The SMILES string of the molecule is C=CCCC1CCC2CC(c3ccc(C(=O)Oc4ccc(OC/C=C/C)cc4F)cc3)CCC2C1. The van der Waals surface area contributed by atoms with Gasteiger partial charge in [-0.2, -0.15) is 0 Å². The summed E-state index contributed by atoms with van der Waals surface area (Å²) in [5.41, 5.74) is 1.72. The maximum absolute atomic E-state index is 14.4. The Hall–Kier alpha value is -2.88. The first-order valence-electron chi connectivity index (χ1n) is 13.0. The van der Waals surface area contributed by atoms with Crippen LogP contribution in [-0.2, 0) is 0 Å². The van der Waals surface area contributed by atoms with Gasteiger partial charge in [0.15, 0.2) is 11.6 Å². The molecule has 3 nitrogen and oxygen atoms in total. The van der Waals surface area contributed by atoms with Gasteiger partial charge in [-0.05, 0) is 105 Å². The van der Waals surface area contributed by atoms with E-state index in [0.29, 0.717) is 23.8 Å². The second-order valence-corrected chi connectivity index (χ2v) is 10.1. The van der Waals surface area contributed by atoms with Gasteiger partial charge in [0.05, 0.1) is 5.56 Å². The van der Waals surface area contributed by atoms with E-state index in [2.05, 4.69) is 12.7 Å². The van der Waals surface area contributed by atoms with Gasteiger partial charge in [0.25, 0.3) is 0 Å². The molecule has 4 unspecified atom stereocenters. The summed E-state index contributed by atoms with van der Waals surface area (Å²) in [6.45, 7) is 6.13. The number of hydrogen-bond acceptors (Lipinski definition) is 3. The van der Waals surface area contributed by atoms with Crippen LogP contribution in [0.5, 0.6) is 11.5 Å². The van der Waals surface area contributed by atoms with Gasteiger partial charge < -0.3 is 9.47 Å². The second-order valence-electron chi connectivity index (χ2n) is 10.1. The van der Waals surface area contributed by atoms with E-state index in [0.717, 1.165) is 24.2 Å². The Morgan fingerprint density at radius 2 is 1.83 bits per heavy atom. The average Bonchev–Trinajstić information content (AvgIpc) is 2.88. The molecule has 0 N–H and O–H groups in total. The van der Waals surface area contributed by atoms with Gasteiger partial charge in [-0.25, -0.2) is 9.18 Å². The van der Waals surface area contributed by atoms with Crippen molar-refractivity contribution in [3.05, 3.63) is 84.2 Å². The number of halogens is 1. The van der Waals surface area contributed by atoms with Gasteiger partial charge in [-0.3, -0.25) is 0 Å². The number of rotatable bonds is 9.